The average molecular weight is 205 g/mol. The number of hydrogen-bond acceptors (Lipinski definition) is 0. The molecule has 1 aromatic rings. The van der Waals surface area contributed by atoms with Crippen LogP contribution in [0.4, 0.5) is 13.2 Å². The summed E-state index contributed by atoms with van der Waals surface area (Å²) in [5.74, 6) is 1.94. The van der Waals surface area contributed by atoms with E-state index in [9.17, 15) is 13.2 Å². The van der Waals surface area contributed by atoms with E-state index < -0.39 is 11.7 Å². The number of benzene rings is 1. The van der Waals surface area contributed by atoms with Gasteiger partial charge in [0.15, 0.2) is 0 Å². The summed E-state index contributed by atoms with van der Waals surface area (Å²) in [6.45, 7) is 0. The van der Waals surface area contributed by atoms with E-state index in [-0.39, 0.29) is 10.6 Å². The van der Waals surface area contributed by atoms with Crippen LogP contribution in [0.1, 0.15) is 11.1 Å². The minimum Gasteiger partial charge on any atom is -0.166 e. The Kier molecular flexibility index (Phi) is 2.53. The standard InChI is InChI=1S/C9H4ClF3/c1-2-6-5-7(10)3-4-8(6)9(11,12)13/h1,3-5H. The van der Waals surface area contributed by atoms with Gasteiger partial charge in [0.1, 0.15) is 0 Å². The van der Waals surface area contributed by atoms with Gasteiger partial charge in [-0.2, -0.15) is 13.2 Å². The maximum Gasteiger partial charge on any atom is 0.417 e. The number of rotatable bonds is 0. The molecule has 0 unspecified atom stereocenters. The van der Waals surface area contributed by atoms with Crippen molar-refractivity contribution in [3.8, 4) is 12.3 Å². The van der Waals surface area contributed by atoms with Crippen LogP contribution in [0.25, 0.3) is 0 Å². The first-order valence-corrected chi connectivity index (χ1v) is 3.66. The lowest BCUT2D eigenvalue weighted by Crippen LogP contribution is -2.07. The molecule has 0 N–H and O–H groups in total. The fourth-order valence-electron chi connectivity index (χ4n) is 0.883. The van der Waals surface area contributed by atoms with Gasteiger partial charge < -0.3 is 0 Å². The van der Waals surface area contributed by atoms with Crippen LogP contribution in [0, 0.1) is 12.3 Å². The van der Waals surface area contributed by atoms with Crippen LogP contribution in [0.3, 0.4) is 0 Å². The van der Waals surface area contributed by atoms with Crippen molar-refractivity contribution in [2.45, 2.75) is 6.18 Å². The van der Waals surface area contributed by atoms with E-state index in [1.165, 1.54) is 0 Å². The fraction of sp³-hybridized carbons (Fsp3) is 0.111. The van der Waals surface area contributed by atoms with Gasteiger partial charge in [-0.3, -0.25) is 0 Å². The Balaban J connectivity index is 3.32. The molecule has 1 rings (SSSR count). The van der Waals surface area contributed by atoms with Crippen molar-refractivity contribution >= 4 is 11.6 Å². The Hall–Kier alpha value is -1.14. The lowest BCUT2D eigenvalue weighted by Gasteiger charge is -2.08. The van der Waals surface area contributed by atoms with E-state index in [1.807, 2.05) is 5.92 Å². The Bertz CT molecular complexity index is 360. The molecule has 0 bridgehead atoms. The molecule has 0 aliphatic rings. The van der Waals surface area contributed by atoms with Gasteiger partial charge in [0.25, 0.3) is 0 Å². The van der Waals surface area contributed by atoms with Crippen LogP contribution in [-0.4, -0.2) is 0 Å². The highest BCUT2D eigenvalue weighted by Gasteiger charge is 2.32. The third-order valence-electron chi connectivity index (χ3n) is 1.44. The maximum absolute atomic E-state index is 12.2. The van der Waals surface area contributed by atoms with Gasteiger partial charge in [-0.1, -0.05) is 17.5 Å². The van der Waals surface area contributed by atoms with Crippen molar-refractivity contribution in [2.24, 2.45) is 0 Å². The molecule has 0 heterocycles. The van der Waals surface area contributed by atoms with Gasteiger partial charge in [0, 0.05) is 10.6 Å². The van der Waals surface area contributed by atoms with Crippen molar-refractivity contribution in [1.29, 1.82) is 0 Å². The topological polar surface area (TPSA) is 0 Å². The van der Waals surface area contributed by atoms with Crippen molar-refractivity contribution in [2.75, 3.05) is 0 Å². The molecule has 68 valence electrons. The van der Waals surface area contributed by atoms with Crippen LogP contribution in [0.2, 0.25) is 5.02 Å². The second-order valence-corrected chi connectivity index (χ2v) is 2.77. The molecule has 0 nitrogen and oxygen atoms in total. The number of halogens is 4. The van der Waals surface area contributed by atoms with Crippen molar-refractivity contribution in [1.82, 2.24) is 0 Å². The highest BCUT2D eigenvalue weighted by Crippen LogP contribution is 2.32. The molecular formula is C9H4ClF3. The van der Waals surface area contributed by atoms with Crippen molar-refractivity contribution in [3.63, 3.8) is 0 Å². The smallest absolute Gasteiger partial charge is 0.166 e. The molecular weight excluding hydrogens is 201 g/mol. The van der Waals surface area contributed by atoms with E-state index in [1.54, 1.807) is 0 Å². The molecule has 0 fully saturated rings. The Morgan fingerprint density at radius 1 is 1.31 bits per heavy atom. The summed E-state index contributed by atoms with van der Waals surface area (Å²) in [7, 11) is 0. The third-order valence-corrected chi connectivity index (χ3v) is 1.68. The largest absolute Gasteiger partial charge is 0.417 e. The molecule has 0 atom stereocenters. The second kappa shape index (κ2) is 3.31. The Morgan fingerprint density at radius 2 is 1.92 bits per heavy atom. The quantitative estimate of drug-likeness (QED) is 0.569. The zero-order valence-corrected chi connectivity index (χ0v) is 7.08. The van der Waals surface area contributed by atoms with Gasteiger partial charge >= 0.3 is 6.18 Å². The molecule has 0 aromatic heterocycles. The number of alkyl halides is 3. The summed E-state index contributed by atoms with van der Waals surface area (Å²) in [5, 5.41) is 0.195. The van der Waals surface area contributed by atoms with E-state index in [2.05, 4.69) is 0 Å². The minimum absolute atomic E-state index is 0.195. The van der Waals surface area contributed by atoms with E-state index in [0.29, 0.717) is 0 Å². The molecule has 0 spiro atoms. The second-order valence-electron chi connectivity index (χ2n) is 2.33. The first-order chi connectivity index (χ1) is 5.95. The molecule has 0 aliphatic heterocycles. The van der Waals surface area contributed by atoms with Crippen LogP contribution >= 0.6 is 11.6 Å². The van der Waals surface area contributed by atoms with Gasteiger partial charge in [0.05, 0.1) is 5.56 Å². The first kappa shape index (κ1) is 9.94. The fourth-order valence-corrected chi connectivity index (χ4v) is 1.06. The van der Waals surface area contributed by atoms with Gasteiger partial charge in [0.2, 0.25) is 0 Å². The van der Waals surface area contributed by atoms with Crippen LogP contribution in [-0.2, 0) is 6.18 Å². The van der Waals surface area contributed by atoms with Crippen LogP contribution in [0.5, 0.6) is 0 Å². The van der Waals surface area contributed by atoms with Crippen LogP contribution in [0.15, 0.2) is 18.2 Å². The van der Waals surface area contributed by atoms with E-state index in [0.717, 1.165) is 18.2 Å². The van der Waals surface area contributed by atoms with Crippen molar-refractivity contribution < 1.29 is 13.2 Å². The predicted molar refractivity (Wildman–Crippen MR) is 44.4 cm³/mol. The summed E-state index contributed by atoms with van der Waals surface area (Å²) in [6, 6.07) is 3.15. The third kappa shape index (κ3) is 2.16. The van der Waals surface area contributed by atoms with Crippen LogP contribution < -0.4 is 0 Å². The SMILES string of the molecule is C#Cc1cc(Cl)ccc1C(F)(F)F. The van der Waals surface area contributed by atoms with Gasteiger partial charge in [-0.25, -0.2) is 0 Å². The Morgan fingerprint density at radius 3 is 2.38 bits per heavy atom. The highest BCUT2D eigenvalue weighted by atomic mass is 35.5. The lowest BCUT2D eigenvalue weighted by molar-refractivity contribution is -0.137. The molecule has 0 aliphatic carbocycles. The maximum atomic E-state index is 12.2. The number of terminal acetylenes is 1. The highest BCUT2D eigenvalue weighted by molar-refractivity contribution is 6.30. The molecule has 1 aromatic carbocycles. The number of hydrogen-bond donors (Lipinski definition) is 0. The predicted octanol–water partition coefficient (Wildman–Crippen LogP) is 3.34. The molecule has 0 saturated heterocycles. The summed E-state index contributed by atoms with van der Waals surface area (Å²) < 4.78 is 36.7. The average Bonchev–Trinajstić information content (AvgIpc) is 2.01. The molecule has 4 heteroatoms. The van der Waals surface area contributed by atoms with Gasteiger partial charge in [-0.05, 0) is 18.2 Å². The Labute approximate surface area is 78.3 Å². The zero-order valence-electron chi connectivity index (χ0n) is 6.32. The monoisotopic (exact) mass is 204 g/mol. The molecule has 13 heavy (non-hydrogen) atoms. The zero-order chi connectivity index (χ0) is 10.1. The minimum atomic E-state index is -4.42. The normalized spacial score (nSPS) is 11.0. The van der Waals surface area contributed by atoms with Crippen molar-refractivity contribution in [3.05, 3.63) is 34.3 Å². The van der Waals surface area contributed by atoms with Gasteiger partial charge in [-0.15, -0.1) is 6.42 Å². The molecule has 0 amide bonds. The lowest BCUT2D eigenvalue weighted by atomic mass is 10.1. The molecule has 0 radical (unpaired) electrons. The summed E-state index contributed by atoms with van der Waals surface area (Å²) in [6.07, 6.45) is 0.483. The van der Waals surface area contributed by atoms with E-state index >= 15 is 0 Å². The van der Waals surface area contributed by atoms with E-state index in [4.69, 9.17) is 18.0 Å². The first-order valence-electron chi connectivity index (χ1n) is 3.28. The molecule has 0 saturated carbocycles. The summed E-state index contributed by atoms with van der Waals surface area (Å²) in [4.78, 5) is 0. The summed E-state index contributed by atoms with van der Waals surface area (Å²) >= 11 is 5.48. The summed E-state index contributed by atoms with van der Waals surface area (Å²) in [5.41, 5.74) is -1.07.